The second kappa shape index (κ2) is 23.8. The van der Waals surface area contributed by atoms with E-state index in [1.54, 1.807) is 5.38 Å². The number of thioether (sulfide) groups is 2. The minimum Gasteiger partial charge on any atom is -0.451 e. The molecule has 12 rings (SSSR count). The molecular weight excluding hydrogens is 1080 g/mol. The van der Waals surface area contributed by atoms with E-state index in [1.165, 1.54) is 28.4 Å². The number of thiazole rings is 1. The van der Waals surface area contributed by atoms with Crippen LogP contribution in [-0.4, -0.2) is 60.6 Å². The van der Waals surface area contributed by atoms with Gasteiger partial charge in [-0.2, -0.15) is 5.10 Å². The molecule has 12 nitrogen and oxygen atoms in total. The summed E-state index contributed by atoms with van der Waals surface area (Å²) in [5, 5.41) is 15.8. The van der Waals surface area contributed by atoms with Gasteiger partial charge in [-0.25, -0.2) is 9.78 Å². The standard InChI is InChI=1S/C67H53N7O5S3/c68-65-70-55(44-82-65)57(72-79-67(52-35-19-6-20-36-52,53-37-21-7-22-38-53)54-39-23-8-24-40-54)61(75)71-58-62(76)74-59(64(77)78-60(47-25-9-1-10-26-47)48-27-11-2-12-28-48)56(45-81-63(58)74)80-43-46-41-69-73(42-46)66(49-29-13-3-14-30-49,50-31-15-4-16-32-50)51-33-17-5-18-34-51/h1-42,44-45,58-60,63H,43H2,(H2,68,70)(H,71,75)/b72-57-/t58-,59?,63-/m1/s1. The van der Waals surface area contributed by atoms with Gasteiger partial charge in [0, 0.05) is 44.5 Å². The maximum Gasteiger partial charge on any atom is 0.335 e. The summed E-state index contributed by atoms with van der Waals surface area (Å²) in [6, 6.07) is 76.7. The lowest BCUT2D eigenvalue weighted by Crippen LogP contribution is -2.74. The summed E-state index contributed by atoms with van der Waals surface area (Å²) < 4.78 is 8.59. The number of carbonyl (C=O) groups excluding carboxylic acids is 3. The fourth-order valence-corrected chi connectivity index (χ4v) is 13.7. The number of fused-ring (bicyclic) bond motifs is 1. The molecule has 0 bridgehead atoms. The number of β-lactam (4-membered cyclic amide) rings is 1. The van der Waals surface area contributed by atoms with Crippen molar-refractivity contribution in [2.45, 2.75) is 40.5 Å². The summed E-state index contributed by atoms with van der Waals surface area (Å²) >= 11 is 3.91. The van der Waals surface area contributed by atoms with Crippen molar-refractivity contribution in [3.05, 3.63) is 327 Å². The van der Waals surface area contributed by atoms with Gasteiger partial charge in [0.25, 0.3) is 5.91 Å². The van der Waals surface area contributed by atoms with Gasteiger partial charge in [-0.1, -0.05) is 248 Å². The third kappa shape index (κ3) is 10.3. The maximum absolute atomic E-state index is 15.2. The van der Waals surface area contributed by atoms with E-state index in [9.17, 15) is 9.59 Å². The second-order valence-corrected chi connectivity index (χ2v) is 22.5. The molecule has 2 amide bonds. The van der Waals surface area contributed by atoms with Crippen molar-refractivity contribution in [2.75, 3.05) is 5.73 Å². The predicted octanol–water partition coefficient (Wildman–Crippen LogP) is 12.4. The highest BCUT2D eigenvalue weighted by Gasteiger charge is 2.57. The van der Waals surface area contributed by atoms with Crippen molar-refractivity contribution in [3.63, 3.8) is 0 Å². The normalized spacial score (nSPS) is 16.1. The number of aromatic nitrogens is 3. The van der Waals surface area contributed by atoms with Gasteiger partial charge in [0.05, 0.1) is 6.20 Å². The molecule has 3 N–H and O–H groups in total. The number of esters is 1. The van der Waals surface area contributed by atoms with Crippen LogP contribution in [0.2, 0.25) is 0 Å². The number of oxime groups is 1. The topological polar surface area (TPSA) is 154 Å². The van der Waals surface area contributed by atoms with Gasteiger partial charge in [0.2, 0.25) is 11.5 Å². The number of rotatable bonds is 19. The Balaban J connectivity index is 0.879. The first-order valence-electron chi connectivity index (χ1n) is 26.6. The molecule has 4 heterocycles. The molecule has 82 heavy (non-hydrogen) atoms. The molecule has 0 saturated carbocycles. The summed E-state index contributed by atoms with van der Waals surface area (Å²) in [6.07, 6.45) is 3.11. The summed E-state index contributed by atoms with van der Waals surface area (Å²) in [5.74, 6) is -1.44. The molecule has 0 radical (unpaired) electrons. The zero-order valence-corrected chi connectivity index (χ0v) is 46.4. The van der Waals surface area contributed by atoms with Crippen LogP contribution in [0.1, 0.15) is 61.9 Å². The predicted molar refractivity (Wildman–Crippen MR) is 324 cm³/mol. The number of amides is 2. The van der Waals surface area contributed by atoms with Crippen molar-refractivity contribution in [2.24, 2.45) is 5.16 Å². The van der Waals surface area contributed by atoms with Crippen molar-refractivity contribution in [3.8, 4) is 0 Å². The maximum atomic E-state index is 15.2. The molecule has 3 atom stereocenters. The van der Waals surface area contributed by atoms with Crippen molar-refractivity contribution < 1.29 is 24.0 Å². The van der Waals surface area contributed by atoms with Crippen molar-refractivity contribution in [1.82, 2.24) is 25.0 Å². The quantitative estimate of drug-likeness (QED) is 0.0263. The Bertz CT molecular complexity index is 3640. The minimum absolute atomic E-state index is 0.160. The zero-order chi connectivity index (χ0) is 55.9. The number of carbonyl (C=O) groups is 3. The lowest BCUT2D eigenvalue weighted by Gasteiger charge is -2.51. The Morgan fingerprint density at radius 3 is 1.55 bits per heavy atom. The molecule has 404 valence electrons. The highest BCUT2D eigenvalue weighted by Crippen LogP contribution is 2.47. The molecule has 8 aromatic carbocycles. The Morgan fingerprint density at radius 2 is 1.10 bits per heavy atom. The van der Waals surface area contributed by atoms with E-state index >= 15 is 4.79 Å². The van der Waals surface area contributed by atoms with Crippen LogP contribution in [0.4, 0.5) is 5.13 Å². The Hall–Kier alpha value is -9.28. The SMILES string of the molecule is Nc1nc(/C(=N/OC(c2ccccc2)(c2ccccc2)c2ccccc2)C(=O)N[C@@H]2C(=O)N3C(C(=O)OC(c4ccccc4)c4ccccc4)C(SCc4cnn(C(c5ccccc5)(c5ccccc5)c5ccccc5)c4)=CS[C@H]23)cs1. The fourth-order valence-electron chi connectivity index (χ4n) is 10.8. The van der Waals surface area contributed by atoms with Crippen LogP contribution >= 0.6 is 34.9 Å². The molecule has 1 unspecified atom stereocenters. The lowest BCUT2D eigenvalue weighted by molar-refractivity contribution is -0.164. The Morgan fingerprint density at radius 1 is 0.646 bits per heavy atom. The van der Waals surface area contributed by atoms with Crippen LogP contribution < -0.4 is 11.1 Å². The minimum atomic E-state index is -1.34. The molecule has 10 aromatic rings. The molecule has 0 aliphatic carbocycles. The molecular formula is C67H53N7O5S3. The van der Waals surface area contributed by atoms with Gasteiger partial charge in [-0.15, -0.1) is 34.9 Å². The highest BCUT2D eigenvalue weighted by molar-refractivity contribution is 8.06. The number of hydrogen-bond donors (Lipinski definition) is 2. The van der Waals surface area contributed by atoms with Crippen LogP contribution in [0.3, 0.4) is 0 Å². The Labute approximate surface area is 487 Å². The summed E-state index contributed by atoms with van der Waals surface area (Å²) in [6.45, 7) is 0. The van der Waals surface area contributed by atoms with Gasteiger partial charge in [0.1, 0.15) is 22.6 Å². The third-order valence-corrected chi connectivity index (χ3v) is 17.8. The number of nitrogens with one attached hydrogen (secondary N) is 1. The van der Waals surface area contributed by atoms with E-state index in [0.29, 0.717) is 10.7 Å². The van der Waals surface area contributed by atoms with E-state index < -0.39 is 52.5 Å². The van der Waals surface area contributed by atoms with Crippen molar-refractivity contribution >= 4 is 63.5 Å². The van der Waals surface area contributed by atoms with Gasteiger partial charge < -0.3 is 25.5 Å². The number of benzene rings is 8. The molecule has 2 aliphatic heterocycles. The largest absolute Gasteiger partial charge is 0.451 e. The summed E-state index contributed by atoms with van der Waals surface area (Å²) in [4.78, 5) is 58.6. The smallest absolute Gasteiger partial charge is 0.335 e. The summed E-state index contributed by atoms with van der Waals surface area (Å²) in [5.41, 5.74) is 11.8. The van der Waals surface area contributed by atoms with E-state index in [-0.39, 0.29) is 16.5 Å². The van der Waals surface area contributed by atoms with E-state index in [4.69, 9.17) is 20.4 Å². The number of nitrogens with zero attached hydrogens (tertiary/aromatic N) is 5. The van der Waals surface area contributed by atoms with Crippen LogP contribution in [0.5, 0.6) is 0 Å². The van der Waals surface area contributed by atoms with E-state index in [2.05, 4.69) is 58.1 Å². The molecule has 15 heteroatoms. The van der Waals surface area contributed by atoms with Crippen LogP contribution in [0, 0.1) is 0 Å². The van der Waals surface area contributed by atoms with Gasteiger partial charge in [0.15, 0.2) is 23.0 Å². The first-order chi connectivity index (χ1) is 40.3. The number of nitrogens with two attached hydrogens (primary N) is 1. The number of nitrogen functional groups attached to an aromatic ring is 1. The van der Waals surface area contributed by atoms with Crippen molar-refractivity contribution in [1.29, 1.82) is 0 Å². The average Bonchev–Trinajstić information content (AvgIpc) is 3.81. The van der Waals surface area contributed by atoms with Crippen LogP contribution in [0.25, 0.3) is 0 Å². The number of ether oxygens (including phenoxy) is 1. The molecule has 1 fully saturated rings. The molecule has 0 spiro atoms. The third-order valence-electron chi connectivity index (χ3n) is 14.7. The summed E-state index contributed by atoms with van der Waals surface area (Å²) in [7, 11) is 0. The molecule has 2 aromatic heterocycles. The lowest BCUT2D eigenvalue weighted by atomic mass is 9.77. The van der Waals surface area contributed by atoms with Gasteiger partial charge in [-0.3, -0.25) is 14.3 Å². The highest BCUT2D eigenvalue weighted by atomic mass is 32.2. The van der Waals surface area contributed by atoms with E-state index in [0.717, 1.165) is 61.4 Å². The first-order valence-corrected chi connectivity index (χ1v) is 29.4. The van der Waals surface area contributed by atoms with Gasteiger partial charge >= 0.3 is 5.97 Å². The first kappa shape index (κ1) is 53.4. The molecule has 2 aliphatic rings. The molecule has 1 saturated heterocycles. The van der Waals surface area contributed by atoms with Gasteiger partial charge in [-0.05, 0) is 33.2 Å². The van der Waals surface area contributed by atoms with Crippen LogP contribution in [-0.2, 0) is 40.9 Å². The number of hydrogen-bond acceptors (Lipinski definition) is 12. The average molecular weight is 1130 g/mol. The monoisotopic (exact) mass is 1130 g/mol. The zero-order valence-electron chi connectivity index (χ0n) is 44.0. The second-order valence-electron chi connectivity index (χ2n) is 19.6. The number of anilines is 1. The fraction of sp³-hybridized carbons (Fsp3) is 0.104. The van der Waals surface area contributed by atoms with E-state index in [1.807, 2.05) is 223 Å². The Kier molecular flexibility index (Phi) is 15.5. The van der Waals surface area contributed by atoms with Crippen LogP contribution in [0.15, 0.2) is 276 Å².